The molecule has 1 saturated heterocycles. The van der Waals surface area contributed by atoms with Gasteiger partial charge in [0.15, 0.2) is 0 Å². The van der Waals surface area contributed by atoms with Crippen LogP contribution in [0.25, 0.3) is 0 Å². The van der Waals surface area contributed by atoms with Gasteiger partial charge in [-0.15, -0.1) is 0 Å². The van der Waals surface area contributed by atoms with Crippen LogP contribution in [0.15, 0.2) is 0 Å². The summed E-state index contributed by atoms with van der Waals surface area (Å²) in [5.41, 5.74) is 4.62. The first-order valence-corrected chi connectivity index (χ1v) is 5.71. The highest BCUT2D eigenvalue weighted by Crippen LogP contribution is 2.32. The first-order chi connectivity index (χ1) is 7.65. The lowest BCUT2D eigenvalue weighted by molar-refractivity contribution is -0.107. The molecule has 0 aromatic rings. The lowest BCUT2D eigenvalue weighted by Gasteiger charge is -2.38. The molecule has 0 unspecified atom stereocenters. The molecule has 1 amide bonds. The second-order valence-electron chi connectivity index (χ2n) is 5.38. The molecule has 0 saturated carbocycles. The molecular formula is C11H20F2N2O2. The van der Waals surface area contributed by atoms with Gasteiger partial charge in [0.25, 0.3) is 5.92 Å². The van der Waals surface area contributed by atoms with Gasteiger partial charge >= 0.3 is 6.09 Å². The van der Waals surface area contributed by atoms with E-state index < -0.39 is 30.1 Å². The quantitative estimate of drug-likeness (QED) is 0.772. The Labute approximate surface area is 100 Å². The van der Waals surface area contributed by atoms with Gasteiger partial charge in [0.05, 0.1) is 6.54 Å². The molecule has 0 aromatic carbocycles. The van der Waals surface area contributed by atoms with Crippen molar-refractivity contribution in [1.82, 2.24) is 4.90 Å². The molecule has 100 valence electrons. The Bertz CT molecular complexity index is 290. The van der Waals surface area contributed by atoms with Crippen LogP contribution >= 0.6 is 0 Å². The van der Waals surface area contributed by atoms with Crippen molar-refractivity contribution in [3.05, 3.63) is 0 Å². The molecule has 0 radical (unpaired) electrons. The van der Waals surface area contributed by atoms with Crippen LogP contribution in [0.5, 0.6) is 0 Å². The molecular weight excluding hydrogens is 230 g/mol. The highest BCUT2D eigenvalue weighted by molar-refractivity contribution is 5.68. The maximum absolute atomic E-state index is 13.6. The van der Waals surface area contributed by atoms with Crippen LogP contribution in [0.1, 0.15) is 27.2 Å². The number of nitrogens with two attached hydrogens (primary N) is 1. The van der Waals surface area contributed by atoms with Crippen LogP contribution in [0, 0.1) is 5.92 Å². The summed E-state index contributed by atoms with van der Waals surface area (Å²) in [7, 11) is 0. The number of likely N-dealkylation sites (tertiary alicyclic amines) is 1. The minimum atomic E-state index is -2.93. The zero-order valence-electron chi connectivity index (χ0n) is 10.5. The minimum Gasteiger partial charge on any atom is -0.444 e. The van der Waals surface area contributed by atoms with Crippen LogP contribution < -0.4 is 5.73 Å². The van der Waals surface area contributed by atoms with Gasteiger partial charge in [-0.2, -0.15) is 0 Å². The largest absolute Gasteiger partial charge is 0.444 e. The summed E-state index contributed by atoms with van der Waals surface area (Å²) in [4.78, 5) is 12.7. The molecule has 1 atom stereocenters. The Balaban J connectivity index is 2.62. The van der Waals surface area contributed by atoms with E-state index in [1.807, 2.05) is 0 Å². The number of hydrogen-bond acceptors (Lipinski definition) is 3. The van der Waals surface area contributed by atoms with Crippen molar-refractivity contribution < 1.29 is 18.3 Å². The van der Waals surface area contributed by atoms with Gasteiger partial charge in [0, 0.05) is 19.0 Å². The Morgan fingerprint density at radius 2 is 2.12 bits per heavy atom. The molecule has 6 heteroatoms. The molecule has 2 N–H and O–H groups in total. The predicted octanol–water partition coefficient (Wildman–Crippen LogP) is 1.84. The maximum Gasteiger partial charge on any atom is 0.410 e. The van der Waals surface area contributed by atoms with Crippen molar-refractivity contribution in [2.24, 2.45) is 11.7 Å². The number of piperidine rings is 1. The Morgan fingerprint density at radius 3 is 2.53 bits per heavy atom. The van der Waals surface area contributed by atoms with E-state index in [2.05, 4.69) is 0 Å². The third-order valence-electron chi connectivity index (χ3n) is 2.68. The third-order valence-corrected chi connectivity index (χ3v) is 2.68. The molecule has 0 aromatic heterocycles. The number of carbonyl (C=O) groups is 1. The highest BCUT2D eigenvalue weighted by atomic mass is 19.3. The number of nitrogens with zero attached hydrogens (tertiary/aromatic N) is 1. The van der Waals surface area contributed by atoms with Crippen molar-refractivity contribution >= 4 is 6.09 Å². The Morgan fingerprint density at radius 1 is 1.53 bits per heavy atom. The van der Waals surface area contributed by atoms with E-state index >= 15 is 0 Å². The lowest BCUT2D eigenvalue weighted by atomic mass is 9.93. The standard InChI is InChI=1S/C11H20F2N2O2/c1-10(2,3)17-9(16)15-5-4-8(6-14)11(12,13)7-15/h8H,4-7,14H2,1-3H3/t8-/m0/s1. The molecule has 1 aliphatic heterocycles. The van der Waals surface area contributed by atoms with Crippen molar-refractivity contribution in [3.8, 4) is 0 Å². The number of carbonyl (C=O) groups excluding carboxylic acids is 1. The minimum absolute atomic E-state index is 0.0604. The van der Waals surface area contributed by atoms with E-state index in [0.717, 1.165) is 4.90 Å². The zero-order valence-corrected chi connectivity index (χ0v) is 10.5. The van der Waals surface area contributed by atoms with Gasteiger partial charge in [0.1, 0.15) is 5.60 Å². The average molecular weight is 250 g/mol. The summed E-state index contributed by atoms with van der Waals surface area (Å²) in [6.07, 6.45) is -0.476. The lowest BCUT2D eigenvalue weighted by Crippen LogP contribution is -2.53. The molecule has 0 bridgehead atoms. The fourth-order valence-corrected chi connectivity index (χ4v) is 1.76. The molecule has 1 rings (SSSR count). The van der Waals surface area contributed by atoms with Crippen LogP contribution in [-0.2, 0) is 4.74 Å². The number of amides is 1. The summed E-state index contributed by atoms with van der Waals surface area (Å²) in [6, 6.07) is 0. The summed E-state index contributed by atoms with van der Waals surface area (Å²) < 4.78 is 32.2. The van der Waals surface area contributed by atoms with Crippen molar-refractivity contribution in [3.63, 3.8) is 0 Å². The number of rotatable bonds is 1. The summed E-state index contributed by atoms with van der Waals surface area (Å²) in [6.45, 7) is 4.71. The van der Waals surface area contributed by atoms with E-state index in [9.17, 15) is 13.6 Å². The average Bonchev–Trinajstić information content (AvgIpc) is 2.13. The molecule has 17 heavy (non-hydrogen) atoms. The van der Waals surface area contributed by atoms with E-state index in [-0.39, 0.29) is 19.5 Å². The maximum atomic E-state index is 13.6. The van der Waals surface area contributed by atoms with E-state index in [0.29, 0.717) is 0 Å². The number of halogens is 2. The normalized spacial score (nSPS) is 24.6. The van der Waals surface area contributed by atoms with Crippen LogP contribution in [0.4, 0.5) is 13.6 Å². The molecule has 1 aliphatic rings. The van der Waals surface area contributed by atoms with Gasteiger partial charge in [0.2, 0.25) is 0 Å². The topological polar surface area (TPSA) is 55.6 Å². The van der Waals surface area contributed by atoms with Crippen molar-refractivity contribution in [2.45, 2.75) is 38.7 Å². The second kappa shape index (κ2) is 4.76. The monoisotopic (exact) mass is 250 g/mol. The highest BCUT2D eigenvalue weighted by Gasteiger charge is 2.45. The Hall–Kier alpha value is -0.910. The van der Waals surface area contributed by atoms with Gasteiger partial charge in [-0.25, -0.2) is 13.6 Å². The summed E-state index contributed by atoms with van der Waals surface area (Å²) in [5.74, 6) is -3.77. The van der Waals surface area contributed by atoms with Crippen molar-refractivity contribution in [2.75, 3.05) is 19.6 Å². The van der Waals surface area contributed by atoms with E-state index in [1.165, 1.54) is 0 Å². The molecule has 0 aliphatic carbocycles. The molecule has 1 fully saturated rings. The smallest absolute Gasteiger partial charge is 0.410 e. The Kier molecular flexibility index (Phi) is 3.96. The number of hydrogen-bond donors (Lipinski definition) is 1. The fraction of sp³-hybridized carbons (Fsp3) is 0.909. The van der Waals surface area contributed by atoms with Gasteiger partial charge in [-0.05, 0) is 27.2 Å². The van der Waals surface area contributed by atoms with Crippen LogP contribution in [0.2, 0.25) is 0 Å². The van der Waals surface area contributed by atoms with Crippen LogP contribution in [-0.4, -0.2) is 42.2 Å². The first kappa shape index (κ1) is 14.2. The molecule has 0 spiro atoms. The number of alkyl halides is 2. The zero-order chi connectivity index (χ0) is 13.3. The molecule has 1 heterocycles. The van der Waals surface area contributed by atoms with Crippen LogP contribution in [0.3, 0.4) is 0 Å². The van der Waals surface area contributed by atoms with E-state index in [4.69, 9.17) is 10.5 Å². The first-order valence-electron chi connectivity index (χ1n) is 5.71. The summed E-state index contributed by atoms with van der Waals surface area (Å²) in [5, 5.41) is 0. The number of ether oxygens (including phenoxy) is 1. The summed E-state index contributed by atoms with van der Waals surface area (Å²) >= 11 is 0. The predicted molar refractivity (Wildman–Crippen MR) is 59.9 cm³/mol. The van der Waals surface area contributed by atoms with Gasteiger partial charge in [-0.1, -0.05) is 0 Å². The van der Waals surface area contributed by atoms with Gasteiger partial charge < -0.3 is 15.4 Å². The second-order valence-corrected chi connectivity index (χ2v) is 5.38. The van der Waals surface area contributed by atoms with E-state index in [1.54, 1.807) is 20.8 Å². The fourth-order valence-electron chi connectivity index (χ4n) is 1.76. The third kappa shape index (κ3) is 3.80. The van der Waals surface area contributed by atoms with Gasteiger partial charge in [-0.3, -0.25) is 0 Å². The molecule has 4 nitrogen and oxygen atoms in total. The SMILES string of the molecule is CC(C)(C)OC(=O)N1CC[C@@H](CN)C(F)(F)C1. The van der Waals surface area contributed by atoms with Crippen molar-refractivity contribution in [1.29, 1.82) is 0 Å².